The number of benzene rings is 1. The Kier molecular flexibility index (Phi) is 4.67. The summed E-state index contributed by atoms with van der Waals surface area (Å²) in [5, 5.41) is 11.5. The summed E-state index contributed by atoms with van der Waals surface area (Å²) in [4.78, 5) is 24.7. The van der Waals surface area contributed by atoms with E-state index in [0.29, 0.717) is 17.4 Å². The van der Waals surface area contributed by atoms with Gasteiger partial charge < -0.3 is 20.1 Å². The average molecular weight is 292 g/mol. The van der Waals surface area contributed by atoms with Gasteiger partial charge in [0.25, 0.3) is 0 Å². The molecule has 0 aromatic heterocycles. The number of urea groups is 1. The maximum atomic E-state index is 12.3. The number of carboxylic acid groups (broad SMARTS) is 1. The van der Waals surface area contributed by atoms with Crippen molar-refractivity contribution >= 4 is 17.7 Å². The van der Waals surface area contributed by atoms with Crippen LogP contribution in [0.2, 0.25) is 0 Å². The number of ether oxygens (including phenoxy) is 1. The molecule has 0 radical (unpaired) electrons. The molecule has 0 spiro atoms. The standard InChI is InChI=1S/C15H20N2O4/c1-10-7-11(2)17(8-10)15(20)16-12-5-3-4-6-13(12)21-9-14(18)19/h3-6,10-11H,7-9H2,1-2H3,(H,16,20)(H,18,19). The summed E-state index contributed by atoms with van der Waals surface area (Å²) in [6, 6.07) is 6.84. The molecule has 1 fully saturated rings. The van der Waals surface area contributed by atoms with Crippen molar-refractivity contribution in [1.82, 2.24) is 4.90 Å². The monoisotopic (exact) mass is 292 g/mol. The molecule has 1 saturated heterocycles. The number of nitrogens with one attached hydrogen (secondary N) is 1. The van der Waals surface area contributed by atoms with E-state index in [0.717, 1.165) is 13.0 Å². The number of anilines is 1. The van der Waals surface area contributed by atoms with Gasteiger partial charge in [-0.25, -0.2) is 9.59 Å². The lowest BCUT2D eigenvalue weighted by Crippen LogP contribution is -2.37. The Morgan fingerprint density at radius 2 is 2.10 bits per heavy atom. The van der Waals surface area contributed by atoms with Crippen LogP contribution >= 0.6 is 0 Å². The maximum absolute atomic E-state index is 12.3. The number of likely N-dealkylation sites (tertiary alicyclic amines) is 1. The number of carboxylic acids is 1. The summed E-state index contributed by atoms with van der Waals surface area (Å²) >= 11 is 0. The van der Waals surface area contributed by atoms with E-state index in [9.17, 15) is 9.59 Å². The molecule has 2 rings (SSSR count). The first-order valence-electron chi connectivity index (χ1n) is 6.98. The molecule has 0 bridgehead atoms. The van der Waals surface area contributed by atoms with Gasteiger partial charge in [0.2, 0.25) is 0 Å². The van der Waals surface area contributed by atoms with Gasteiger partial charge in [-0.2, -0.15) is 0 Å². The Hall–Kier alpha value is -2.24. The number of para-hydroxylation sites is 2. The van der Waals surface area contributed by atoms with E-state index in [1.54, 1.807) is 29.2 Å². The molecule has 114 valence electrons. The van der Waals surface area contributed by atoms with Crippen molar-refractivity contribution in [3.8, 4) is 5.75 Å². The highest BCUT2D eigenvalue weighted by atomic mass is 16.5. The van der Waals surface area contributed by atoms with Gasteiger partial charge in [0.05, 0.1) is 5.69 Å². The number of hydrogen-bond donors (Lipinski definition) is 2. The Morgan fingerprint density at radius 1 is 1.38 bits per heavy atom. The molecule has 2 N–H and O–H groups in total. The first-order valence-corrected chi connectivity index (χ1v) is 6.98. The van der Waals surface area contributed by atoms with Gasteiger partial charge >= 0.3 is 12.0 Å². The van der Waals surface area contributed by atoms with Crippen molar-refractivity contribution in [1.29, 1.82) is 0 Å². The number of amides is 2. The first kappa shape index (κ1) is 15.2. The van der Waals surface area contributed by atoms with Crippen molar-refractivity contribution in [3.63, 3.8) is 0 Å². The molecule has 6 heteroatoms. The lowest BCUT2D eigenvalue weighted by Gasteiger charge is -2.22. The summed E-state index contributed by atoms with van der Waals surface area (Å²) in [7, 11) is 0. The third-order valence-corrected chi connectivity index (χ3v) is 3.52. The third-order valence-electron chi connectivity index (χ3n) is 3.52. The molecule has 1 aliphatic heterocycles. The van der Waals surface area contributed by atoms with Gasteiger partial charge in [-0.05, 0) is 31.4 Å². The minimum Gasteiger partial charge on any atom is -0.480 e. The predicted molar refractivity (Wildman–Crippen MR) is 78.5 cm³/mol. The van der Waals surface area contributed by atoms with Crippen LogP contribution in [0.1, 0.15) is 20.3 Å². The largest absolute Gasteiger partial charge is 0.480 e. The van der Waals surface area contributed by atoms with E-state index in [4.69, 9.17) is 9.84 Å². The minimum absolute atomic E-state index is 0.182. The SMILES string of the molecule is CC1CC(C)N(C(=O)Nc2ccccc2OCC(=O)O)C1. The highest BCUT2D eigenvalue weighted by Crippen LogP contribution is 2.27. The fourth-order valence-corrected chi connectivity index (χ4v) is 2.61. The fraction of sp³-hybridized carbons (Fsp3) is 0.467. The molecule has 0 aliphatic carbocycles. The van der Waals surface area contributed by atoms with Gasteiger partial charge in [0, 0.05) is 12.6 Å². The molecule has 1 heterocycles. The predicted octanol–water partition coefficient (Wildman–Crippen LogP) is 2.41. The van der Waals surface area contributed by atoms with Gasteiger partial charge in [-0.3, -0.25) is 0 Å². The number of hydrogen-bond acceptors (Lipinski definition) is 3. The van der Waals surface area contributed by atoms with Crippen LogP contribution in [0.25, 0.3) is 0 Å². The zero-order chi connectivity index (χ0) is 15.4. The van der Waals surface area contributed by atoms with Crippen LogP contribution in [-0.4, -0.2) is 41.2 Å². The van der Waals surface area contributed by atoms with Crippen LogP contribution in [0.5, 0.6) is 5.75 Å². The number of carbonyl (C=O) groups excluding carboxylic acids is 1. The van der Waals surface area contributed by atoms with E-state index < -0.39 is 12.6 Å². The van der Waals surface area contributed by atoms with E-state index in [1.807, 2.05) is 6.92 Å². The molecule has 6 nitrogen and oxygen atoms in total. The van der Waals surface area contributed by atoms with Crippen LogP contribution in [0, 0.1) is 5.92 Å². The Morgan fingerprint density at radius 3 is 2.71 bits per heavy atom. The summed E-state index contributed by atoms with van der Waals surface area (Å²) in [5.74, 6) is -0.212. The summed E-state index contributed by atoms with van der Waals surface area (Å²) in [6.07, 6.45) is 0.991. The van der Waals surface area contributed by atoms with Crippen LogP contribution in [0.3, 0.4) is 0 Å². The Bertz CT molecular complexity index is 532. The van der Waals surface area contributed by atoms with Gasteiger partial charge in [0.1, 0.15) is 5.75 Å². The average Bonchev–Trinajstić information content (AvgIpc) is 2.76. The molecule has 21 heavy (non-hydrogen) atoms. The quantitative estimate of drug-likeness (QED) is 0.893. The summed E-state index contributed by atoms with van der Waals surface area (Å²) < 4.78 is 5.18. The van der Waals surface area contributed by atoms with Crippen molar-refractivity contribution < 1.29 is 19.4 Å². The Balaban J connectivity index is 2.05. The zero-order valence-corrected chi connectivity index (χ0v) is 12.2. The second-order valence-corrected chi connectivity index (χ2v) is 5.45. The van der Waals surface area contributed by atoms with Gasteiger partial charge in [-0.15, -0.1) is 0 Å². The van der Waals surface area contributed by atoms with E-state index >= 15 is 0 Å². The summed E-state index contributed by atoms with van der Waals surface area (Å²) in [5.41, 5.74) is 0.482. The molecule has 2 atom stereocenters. The molecular formula is C15H20N2O4. The first-order chi connectivity index (χ1) is 9.97. The van der Waals surface area contributed by atoms with Crippen molar-refractivity contribution in [2.45, 2.75) is 26.3 Å². The lowest BCUT2D eigenvalue weighted by atomic mass is 10.1. The number of carbonyl (C=O) groups is 2. The minimum atomic E-state index is -1.06. The topological polar surface area (TPSA) is 78.9 Å². The second-order valence-electron chi connectivity index (χ2n) is 5.45. The highest BCUT2D eigenvalue weighted by Gasteiger charge is 2.30. The summed E-state index contributed by atoms with van der Waals surface area (Å²) in [6.45, 7) is 4.43. The number of nitrogens with zero attached hydrogens (tertiary/aromatic N) is 1. The maximum Gasteiger partial charge on any atom is 0.341 e. The molecular weight excluding hydrogens is 272 g/mol. The third kappa shape index (κ3) is 3.87. The number of rotatable bonds is 4. The normalized spacial score (nSPS) is 21.1. The molecule has 1 aromatic carbocycles. The molecule has 0 saturated carbocycles. The molecule has 2 unspecified atom stereocenters. The van der Waals surface area contributed by atoms with Gasteiger partial charge in [0.15, 0.2) is 6.61 Å². The zero-order valence-electron chi connectivity index (χ0n) is 12.2. The van der Waals surface area contributed by atoms with Gasteiger partial charge in [-0.1, -0.05) is 19.1 Å². The van der Waals surface area contributed by atoms with Crippen LogP contribution in [0.4, 0.5) is 10.5 Å². The van der Waals surface area contributed by atoms with Crippen molar-refractivity contribution in [2.75, 3.05) is 18.5 Å². The van der Waals surface area contributed by atoms with Crippen LogP contribution < -0.4 is 10.1 Å². The highest BCUT2D eigenvalue weighted by molar-refractivity contribution is 5.91. The van der Waals surface area contributed by atoms with E-state index in [1.165, 1.54) is 0 Å². The smallest absolute Gasteiger partial charge is 0.341 e. The Labute approximate surface area is 123 Å². The second kappa shape index (κ2) is 6.47. The fourth-order valence-electron chi connectivity index (χ4n) is 2.61. The van der Waals surface area contributed by atoms with E-state index in [2.05, 4.69) is 12.2 Å². The molecule has 1 aliphatic rings. The van der Waals surface area contributed by atoms with Crippen LogP contribution in [-0.2, 0) is 4.79 Å². The molecule has 2 amide bonds. The lowest BCUT2D eigenvalue weighted by molar-refractivity contribution is -0.139. The van der Waals surface area contributed by atoms with E-state index in [-0.39, 0.29) is 12.1 Å². The van der Waals surface area contributed by atoms with Crippen molar-refractivity contribution in [2.24, 2.45) is 5.92 Å². The van der Waals surface area contributed by atoms with Crippen molar-refractivity contribution in [3.05, 3.63) is 24.3 Å². The van der Waals surface area contributed by atoms with Crippen LogP contribution in [0.15, 0.2) is 24.3 Å². The number of aliphatic carboxylic acids is 1. The molecule has 1 aromatic rings.